The van der Waals surface area contributed by atoms with Crippen molar-refractivity contribution < 1.29 is 9.53 Å². The zero-order chi connectivity index (χ0) is 24.7. The van der Waals surface area contributed by atoms with Crippen LogP contribution in [0, 0.1) is 13.8 Å². The number of carbonyl (C=O) groups is 1. The van der Waals surface area contributed by atoms with Crippen LogP contribution >= 0.6 is 11.3 Å². The number of ether oxygens (including phenoxy) is 1. The van der Waals surface area contributed by atoms with E-state index in [1.165, 1.54) is 33.1 Å². The lowest BCUT2D eigenvalue weighted by molar-refractivity contribution is -0.116. The molecule has 178 valence electrons. The Morgan fingerprint density at radius 2 is 1.97 bits per heavy atom. The molecule has 0 aliphatic heterocycles. The monoisotopic (exact) mass is 489 g/mol. The van der Waals surface area contributed by atoms with Gasteiger partial charge in [0.15, 0.2) is 10.8 Å². The van der Waals surface area contributed by atoms with Crippen LogP contribution in [0.3, 0.4) is 0 Å². The number of hydrogen-bond donors (Lipinski definition) is 1. The van der Waals surface area contributed by atoms with Crippen LogP contribution in [-0.2, 0) is 18.4 Å². The van der Waals surface area contributed by atoms with E-state index in [4.69, 9.17) is 4.74 Å². The molecule has 0 fully saturated rings. The van der Waals surface area contributed by atoms with Crippen molar-refractivity contribution in [3.63, 3.8) is 0 Å². The van der Waals surface area contributed by atoms with Crippen LogP contribution in [0.15, 0.2) is 53.0 Å². The Morgan fingerprint density at radius 1 is 1.20 bits per heavy atom. The number of thiazole rings is 1. The normalized spacial score (nSPS) is 11.2. The summed E-state index contributed by atoms with van der Waals surface area (Å²) >= 11 is 1.33. The number of methoxy groups -OCH3 is 1. The molecule has 1 N–H and O–H groups in total. The summed E-state index contributed by atoms with van der Waals surface area (Å²) in [7, 11) is 3.35. The number of aryl methyl sites for hydroxylation is 2. The van der Waals surface area contributed by atoms with Gasteiger partial charge in [0.1, 0.15) is 24.0 Å². The first-order valence-corrected chi connectivity index (χ1v) is 11.7. The molecule has 0 aliphatic carbocycles. The van der Waals surface area contributed by atoms with Gasteiger partial charge in [-0.15, -0.1) is 11.3 Å². The molecule has 35 heavy (non-hydrogen) atoms. The Hall–Kier alpha value is -4.25. The lowest BCUT2D eigenvalue weighted by Gasteiger charge is -2.10. The third kappa shape index (κ3) is 4.10. The van der Waals surface area contributed by atoms with Crippen molar-refractivity contribution in [1.82, 2.24) is 28.9 Å². The molecule has 5 aromatic rings. The topological polar surface area (TPSA) is 109 Å². The van der Waals surface area contributed by atoms with Crippen molar-refractivity contribution in [3.05, 3.63) is 70.0 Å². The predicted octanol–water partition coefficient (Wildman–Crippen LogP) is 3.31. The molecule has 0 spiro atoms. The number of fused-ring (bicyclic) bond motifs is 1. The van der Waals surface area contributed by atoms with Gasteiger partial charge in [0.2, 0.25) is 5.91 Å². The molecular weight excluding hydrogens is 466 g/mol. The number of benzene rings is 1. The Balaban J connectivity index is 1.34. The second kappa shape index (κ2) is 8.84. The Labute approximate surface area is 204 Å². The first-order chi connectivity index (χ1) is 16.9. The number of anilines is 1. The molecule has 0 saturated heterocycles. The molecule has 4 aromatic heterocycles. The van der Waals surface area contributed by atoms with E-state index in [1.807, 2.05) is 43.5 Å². The number of nitrogens with one attached hydrogen (secondary N) is 1. The molecule has 10 nitrogen and oxygen atoms in total. The lowest BCUT2D eigenvalue weighted by Crippen LogP contribution is -2.27. The van der Waals surface area contributed by atoms with Crippen molar-refractivity contribution >= 4 is 33.4 Å². The summed E-state index contributed by atoms with van der Waals surface area (Å²) < 4.78 is 10.2. The summed E-state index contributed by atoms with van der Waals surface area (Å²) in [6.45, 7) is 3.91. The van der Waals surface area contributed by atoms with E-state index in [9.17, 15) is 9.59 Å². The first kappa shape index (κ1) is 22.5. The van der Waals surface area contributed by atoms with E-state index >= 15 is 0 Å². The number of carbonyl (C=O) groups excluding carboxylic acids is 1. The standard InChI is InChI=1S/C24H23N7O3S/c1-14-9-18(15(2)31(14)16-5-7-17(34-4)8-6-16)20-12-35-24(27-20)28-21(32)11-30-13-25-22-19(23(30)33)10-26-29(22)3/h5-10,12-13H,11H2,1-4H3,(H,27,28,32). The van der Waals surface area contributed by atoms with Gasteiger partial charge >= 0.3 is 0 Å². The first-order valence-electron chi connectivity index (χ1n) is 10.8. The number of amides is 1. The van der Waals surface area contributed by atoms with Crippen LogP contribution in [0.2, 0.25) is 0 Å². The molecule has 0 saturated carbocycles. The maximum Gasteiger partial charge on any atom is 0.264 e. The average molecular weight is 490 g/mol. The predicted molar refractivity (Wildman–Crippen MR) is 134 cm³/mol. The summed E-state index contributed by atoms with van der Waals surface area (Å²) in [5, 5.41) is 9.56. The molecule has 0 bridgehead atoms. The minimum Gasteiger partial charge on any atom is -0.497 e. The fraction of sp³-hybridized carbons (Fsp3) is 0.208. The van der Waals surface area contributed by atoms with Crippen LogP contribution < -0.4 is 15.6 Å². The number of hydrogen-bond acceptors (Lipinski definition) is 7. The number of rotatable bonds is 6. The maximum atomic E-state index is 12.6. The molecule has 0 atom stereocenters. The molecule has 0 aliphatic rings. The Kier molecular flexibility index (Phi) is 5.69. The summed E-state index contributed by atoms with van der Waals surface area (Å²) in [4.78, 5) is 34.1. The van der Waals surface area contributed by atoms with Gasteiger partial charge < -0.3 is 14.6 Å². The Bertz CT molecular complexity index is 1610. The minimum atomic E-state index is -0.359. The van der Waals surface area contributed by atoms with Crippen LogP contribution in [0.4, 0.5) is 5.13 Å². The molecule has 5 rings (SSSR count). The van der Waals surface area contributed by atoms with Crippen LogP contribution in [0.25, 0.3) is 28.0 Å². The summed E-state index contributed by atoms with van der Waals surface area (Å²) in [5.41, 5.74) is 5.05. The number of nitrogens with zero attached hydrogens (tertiary/aromatic N) is 6. The quantitative estimate of drug-likeness (QED) is 0.392. The molecule has 11 heteroatoms. The van der Waals surface area contributed by atoms with Gasteiger partial charge in [0.25, 0.3) is 5.56 Å². The van der Waals surface area contributed by atoms with E-state index in [0.717, 1.165) is 34.1 Å². The highest BCUT2D eigenvalue weighted by Crippen LogP contribution is 2.32. The van der Waals surface area contributed by atoms with Gasteiger partial charge in [-0.05, 0) is 44.2 Å². The highest BCUT2D eigenvalue weighted by Gasteiger charge is 2.17. The lowest BCUT2D eigenvalue weighted by atomic mass is 10.2. The second-order valence-corrected chi connectivity index (χ2v) is 8.95. The molecule has 0 radical (unpaired) electrons. The van der Waals surface area contributed by atoms with Crippen molar-refractivity contribution in [3.8, 4) is 22.7 Å². The van der Waals surface area contributed by atoms with Gasteiger partial charge in [-0.25, -0.2) is 9.97 Å². The van der Waals surface area contributed by atoms with Gasteiger partial charge in [0, 0.05) is 35.1 Å². The van der Waals surface area contributed by atoms with Gasteiger partial charge in [0.05, 0.1) is 19.0 Å². The zero-order valence-electron chi connectivity index (χ0n) is 19.6. The van der Waals surface area contributed by atoms with E-state index in [1.54, 1.807) is 14.2 Å². The minimum absolute atomic E-state index is 0.169. The van der Waals surface area contributed by atoms with Crippen LogP contribution in [0.1, 0.15) is 11.4 Å². The van der Waals surface area contributed by atoms with Gasteiger partial charge in [-0.3, -0.25) is 18.8 Å². The average Bonchev–Trinajstić information content (AvgIpc) is 3.53. The van der Waals surface area contributed by atoms with Crippen molar-refractivity contribution in [2.45, 2.75) is 20.4 Å². The van der Waals surface area contributed by atoms with Crippen molar-refractivity contribution in [2.24, 2.45) is 7.05 Å². The van der Waals surface area contributed by atoms with Crippen molar-refractivity contribution in [2.75, 3.05) is 12.4 Å². The second-order valence-electron chi connectivity index (χ2n) is 8.09. The highest BCUT2D eigenvalue weighted by molar-refractivity contribution is 7.14. The molecule has 0 unspecified atom stereocenters. The van der Waals surface area contributed by atoms with Crippen molar-refractivity contribution in [1.29, 1.82) is 0 Å². The van der Waals surface area contributed by atoms with Crippen LogP contribution in [0.5, 0.6) is 5.75 Å². The zero-order valence-corrected chi connectivity index (χ0v) is 20.5. The Morgan fingerprint density at radius 3 is 2.71 bits per heavy atom. The maximum absolute atomic E-state index is 12.6. The summed E-state index contributed by atoms with van der Waals surface area (Å²) in [6.07, 6.45) is 2.81. The smallest absolute Gasteiger partial charge is 0.264 e. The summed E-state index contributed by atoms with van der Waals surface area (Å²) in [6, 6.07) is 9.95. The SMILES string of the molecule is COc1ccc(-n2c(C)cc(-c3csc(NC(=O)Cn4cnc5c(cnn5C)c4=O)n3)c2C)cc1. The fourth-order valence-electron chi connectivity index (χ4n) is 4.10. The van der Waals surface area contributed by atoms with E-state index in [2.05, 4.69) is 31.0 Å². The third-order valence-corrected chi connectivity index (χ3v) is 6.58. The molecule has 4 heterocycles. The summed E-state index contributed by atoms with van der Waals surface area (Å²) in [5.74, 6) is 0.441. The molecule has 1 amide bonds. The highest BCUT2D eigenvalue weighted by atomic mass is 32.1. The van der Waals surface area contributed by atoms with Crippen LogP contribution in [-0.4, -0.2) is 41.9 Å². The van der Waals surface area contributed by atoms with E-state index in [-0.39, 0.29) is 18.0 Å². The number of aromatic nitrogens is 6. The fourth-order valence-corrected chi connectivity index (χ4v) is 4.83. The molecular formula is C24H23N7O3S. The third-order valence-electron chi connectivity index (χ3n) is 5.82. The van der Waals surface area contributed by atoms with Gasteiger partial charge in [-0.2, -0.15) is 5.10 Å². The van der Waals surface area contributed by atoms with E-state index < -0.39 is 0 Å². The van der Waals surface area contributed by atoms with Gasteiger partial charge in [-0.1, -0.05) is 0 Å². The largest absolute Gasteiger partial charge is 0.497 e. The van der Waals surface area contributed by atoms with E-state index in [0.29, 0.717) is 16.2 Å². The molecule has 1 aromatic carbocycles.